The van der Waals surface area contributed by atoms with Crippen molar-refractivity contribution >= 4 is 22.0 Å². The van der Waals surface area contributed by atoms with Gasteiger partial charge in [-0.1, -0.05) is 37.3 Å². The highest BCUT2D eigenvalue weighted by Crippen LogP contribution is 2.25. The number of benzene rings is 1. The number of nitrogens with zero attached hydrogens (tertiary/aromatic N) is 2. The van der Waals surface area contributed by atoms with E-state index in [-0.39, 0.29) is 11.8 Å². The summed E-state index contributed by atoms with van der Waals surface area (Å²) in [7, 11) is -3.43. The number of rotatable bonds is 4. The highest BCUT2D eigenvalue weighted by atomic mass is 32.2. The predicted octanol–water partition coefficient (Wildman–Crippen LogP) is 2.96. The molecule has 0 N–H and O–H groups in total. The highest BCUT2D eigenvalue weighted by molar-refractivity contribution is 7.92. The van der Waals surface area contributed by atoms with Gasteiger partial charge in [-0.25, -0.2) is 8.42 Å². The molecule has 0 radical (unpaired) electrons. The summed E-state index contributed by atoms with van der Waals surface area (Å²) in [5.74, 6) is 0.879. The Morgan fingerprint density at radius 3 is 2.23 bits per heavy atom. The van der Waals surface area contributed by atoms with Crippen LogP contribution in [0, 0.1) is 11.8 Å². The van der Waals surface area contributed by atoms with Crippen molar-refractivity contribution in [3.63, 3.8) is 0 Å². The maximum atomic E-state index is 12.7. The first-order chi connectivity index (χ1) is 12.5. The highest BCUT2D eigenvalue weighted by Gasteiger charge is 2.33. The van der Waals surface area contributed by atoms with Gasteiger partial charge in [0.15, 0.2) is 0 Å². The van der Waals surface area contributed by atoms with Crippen LogP contribution in [-0.2, 0) is 14.8 Å². The third kappa shape index (κ3) is 4.74. The average Bonchev–Trinajstić information content (AvgIpc) is 2.67. The number of piperidine rings is 2. The zero-order valence-electron chi connectivity index (χ0n) is 15.4. The molecule has 26 heavy (non-hydrogen) atoms. The van der Waals surface area contributed by atoms with E-state index < -0.39 is 10.0 Å². The maximum absolute atomic E-state index is 12.7. The Morgan fingerprint density at radius 1 is 1.00 bits per heavy atom. The minimum atomic E-state index is -3.43. The van der Waals surface area contributed by atoms with Gasteiger partial charge < -0.3 is 4.90 Å². The second-order valence-electron chi connectivity index (χ2n) is 7.44. The van der Waals surface area contributed by atoms with Crippen LogP contribution in [0.25, 0.3) is 6.08 Å². The largest absolute Gasteiger partial charge is 0.342 e. The van der Waals surface area contributed by atoms with Gasteiger partial charge in [-0.2, -0.15) is 4.31 Å². The fourth-order valence-electron chi connectivity index (χ4n) is 3.66. The van der Waals surface area contributed by atoms with Crippen LogP contribution in [0.15, 0.2) is 35.7 Å². The standard InChI is InChI=1S/C20H28N2O3S/c1-17-7-12-21(13-8-17)20(23)19-9-14-22(15-10-19)26(24,25)16-11-18-5-3-2-4-6-18/h2-6,11,16-17,19H,7-10,12-15H2,1H3/b16-11+. The van der Waals surface area contributed by atoms with Crippen molar-refractivity contribution in [3.05, 3.63) is 41.3 Å². The van der Waals surface area contributed by atoms with Gasteiger partial charge in [0, 0.05) is 37.5 Å². The molecule has 3 rings (SSSR count). The van der Waals surface area contributed by atoms with Gasteiger partial charge in [0.2, 0.25) is 15.9 Å². The lowest BCUT2D eigenvalue weighted by Crippen LogP contribution is -2.46. The molecule has 2 heterocycles. The van der Waals surface area contributed by atoms with Gasteiger partial charge in [-0.3, -0.25) is 4.79 Å². The van der Waals surface area contributed by atoms with Crippen LogP contribution < -0.4 is 0 Å². The molecule has 1 amide bonds. The SMILES string of the molecule is CC1CCN(C(=O)C2CCN(S(=O)(=O)/C=C/c3ccccc3)CC2)CC1. The Bertz CT molecular complexity index is 730. The predicted molar refractivity (Wildman–Crippen MR) is 104 cm³/mol. The Balaban J connectivity index is 1.54. The Labute approximate surface area is 156 Å². The van der Waals surface area contributed by atoms with Crippen LogP contribution in [0.4, 0.5) is 0 Å². The lowest BCUT2D eigenvalue weighted by atomic mass is 9.93. The second-order valence-corrected chi connectivity index (χ2v) is 9.26. The zero-order chi connectivity index (χ0) is 18.6. The smallest absolute Gasteiger partial charge is 0.236 e. The van der Waals surface area contributed by atoms with E-state index >= 15 is 0 Å². The monoisotopic (exact) mass is 376 g/mol. The quantitative estimate of drug-likeness (QED) is 0.812. The molecule has 5 nitrogen and oxygen atoms in total. The molecule has 0 aromatic heterocycles. The molecule has 2 fully saturated rings. The number of carbonyl (C=O) groups excluding carboxylic acids is 1. The van der Waals surface area contributed by atoms with Crippen molar-refractivity contribution < 1.29 is 13.2 Å². The van der Waals surface area contributed by atoms with E-state index in [1.54, 1.807) is 6.08 Å². The molecule has 2 aliphatic rings. The van der Waals surface area contributed by atoms with Crippen LogP contribution in [0.3, 0.4) is 0 Å². The summed E-state index contributed by atoms with van der Waals surface area (Å²) in [6.07, 6.45) is 5.00. The van der Waals surface area contributed by atoms with Gasteiger partial charge >= 0.3 is 0 Å². The lowest BCUT2D eigenvalue weighted by Gasteiger charge is -2.36. The number of likely N-dealkylation sites (tertiary alicyclic amines) is 1. The van der Waals surface area contributed by atoms with Crippen molar-refractivity contribution in [2.45, 2.75) is 32.6 Å². The van der Waals surface area contributed by atoms with Crippen LogP contribution >= 0.6 is 0 Å². The third-order valence-corrected chi connectivity index (χ3v) is 7.06. The molecule has 0 aliphatic carbocycles. The van der Waals surface area contributed by atoms with Crippen molar-refractivity contribution in [1.29, 1.82) is 0 Å². The molecule has 2 saturated heterocycles. The summed E-state index contributed by atoms with van der Waals surface area (Å²) < 4.78 is 26.5. The topological polar surface area (TPSA) is 57.7 Å². The van der Waals surface area contributed by atoms with E-state index in [9.17, 15) is 13.2 Å². The van der Waals surface area contributed by atoms with E-state index in [1.807, 2.05) is 35.2 Å². The molecule has 0 atom stereocenters. The maximum Gasteiger partial charge on any atom is 0.236 e. The van der Waals surface area contributed by atoms with Crippen molar-refractivity contribution in [1.82, 2.24) is 9.21 Å². The summed E-state index contributed by atoms with van der Waals surface area (Å²) in [4.78, 5) is 14.6. The molecule has 0 spiro atoms. The molecule has 142 valence electrons. The van der Waals surface area contributed by atoms with Gasteiger partial charge in [0.1, 0.15) is 0 Å². The fourth-order valence-corrected chi connectivity index (χ4v) is 4.88. The summed E-state index contributed by atoms with van der Waals surface area (Å²) >= 11 is 0. The second kappa shape index (κ2) is 8.35. The minimum absolute atomic E-state index is 0.0343. The minimum Gasteiger partial charge on any atom is -0.342 e. The van der Waals surface area contributed by atoms with E-state index in [0.717, 1.165) is 31.5 Å². The number of hydrogen-bond acceptors (Lipinski definition) is 3. The van der Waals surface area contributed by atoms with Gasteiger partial charge in [-0.15, -0.1) is 0 Å². The molecule has 0 unspecified atom stereocenters. The molecule has 0 bridgehead atoms. The number of carbonyl (C=O) groups is 1. The number of hydrogen-bond donors (Lipinski definition) is 0. The molecule has 2 aliphatic heterocycles. The van der Waals surface area contributed by atoms with Crippen LogP contribution in [0.2, 0.25) is 0 Å². The number of amides is 1. The van der Waals surface area contributed by atoms with E-state index in [4.69, 9.17) is 0 Å². The molecule has 6 heteroatoms. The van der Waals surface area contributed by atoms with Crippen LogP contribution in [0.1, 0.15) is 38.2 Å². The summed E-state index contributed by atoms with van der Waals surface area (Å²) in [6, 6.07) is 9.40. The van der Waals surface area contributed by atoms with Gasteiger partial charge in [0.05, 0.1) is 0 Å². The summed E-state index contributed by atoms with van der Waals surface area (Å²) in [6.45, 7) is 4.76. The number of sulfonamides is 1. The Morgan fingerprint density at radius 2 is 1.62 bits per heavy atom. The van der Waals surface area contributed by atoms with Crippen LogP contribution in [0.5, 0.6) is 0 Å². The Hall–Kier alpha value is -1.66. The van der Waals surface area contributed by atoms with Crippen molar-refractivity contribution in [2.75, 3.05) is 26.2 Å². The van der Waals surface area contributed by atoms with E-state index in [1.165, 1.54) is 9.71 Å². The first-order valence-electron chi connectivity index (χ1n) is 9.48. The molecular formula is C20H28N2O3S. The van der Waals surface area contributed by atoms with E-state index in [0.29, 0.717) is 31.8 Å². The molecule has 1 aromatic rings. The van der Waals surface area contributed by atoms with Crippen molar-refractivity contribution in [2.24, 2.45) is 11.8 Å². The first kappa shape index (κ1) is 19.1. The third-order valence-electron chi connectivity index (χ3n) is 5.49. The lowest BCUT2D eigenvalue weighted by molar-refractivity contribution is -0.138. The van der Waals surface area contributed by atoms with E-state index in [2.05, 4.69) is 6.92 Å². The fraction of sp³-hybridized carbons (Fsp3) is 0.550. The van der Waals surface area contributed by atoms with Crippen LogP contribution in [-0.4, -0.2) is 49.7 Å². The molecule has 1 aromatic carbocycles. The normalized spacial score (nSPS) is 21.3. The van der Waals surface area contributed by atoms with Crippen molar-refractivity contribution in [3.8, 4) is 0 Å². The van der Waals surface area contributed by atoms with Gasteiger partial charge in [0.25, 0.3) is 0 Å². The summed E-state index contributed by atoms with van der Waals surface area (Å²) in [5, 5.41) is 1.27. The average molecular weight is 377 g/mol. The summed E-state index contributed by atoms with van der Waals surface area (Å²) in [5.41, 5.74) is 0.862. The van der Waals surface area contributed by atoms with Gasteiger partial charge in [-0.05, 0) is 43.2 Å². The Kier molecular flexibility index (Phi) is 6.14. The zero-order valence-corrected chi connectivity index (χ0v) is 16.2. The first-order valence-corrected chi connectivity index (χ1v) is 11.0. The molecule has 0 saturated carbocycles. The molecular weight excluding hydrogens is 348 g/mol.